The van der Waals surface area contributed by atoms with Crippen molar-refractivity contribution >= 4 is 0 Å². The molecule has 3 N–H and O–H groups in total. The Morgan fingerprint density at radius 2 is 1.77 bits per heavy atom. The van der Waals surface area contributed by atoms with Crippen LogP contribution in [0.25, 0.3) is 0 Å². The zero-order valence-electron chi connectivity index (χ0n) is 18.7. The van der Waals surface area contributed by atoms with Crippen molar-refractivity contribution in [2.24, 2.45) is 23.2 Å². The Bertz CT molecular complexity index is 630. The predicted molar refractivity (Wildman–Crippen MR) is 126 cm³/mol. The lowest BCUT2D eigenvalue weighted by Crippen LogP contribution is -2.36. The quantitative estimate of drug-likeness (QED) is 0.467. The smallest absolute Gasteiger partial charge is 0.0809 e. The average molecular weight is 419 g/mol. The Morgan fingerprint density at radius 3 is 2.40 bits per heavy atom. The molecule has 0 aromatic carbocycles. The third-order valence-electron chi connectivity index (χ3n) is 8.31. The summed E-state index contributed by atoms with van der Waals surface area (Å²) < 4.78 is 0. The van der Waals surface area contributed by atoms with Gasteiger partial charge in [0.05, 0.1) is 18.3 Å². The van der Waals surface area contributed by atoms with Gasteiger partial charge in [0, 0.05) is 0 Å². The van der Waals surface area contributed by atoms with Gasteiger partial charge in [0.25, 0.3) is 0 Å². The Morgan fingerprint density at radius 1 is 1.10 bits per heavy atom. The Labute approximate surface area is 185 Å². The molecule has 0 radical (unpaired) electrons. The Balaban J connectivity index is 0.00000320. The summed E-state index contributed by atoms with van der Waals surface area (Å²) in [5, 5.41) is 29.8. The van der Waals surface area contributed by atoms with Crippen LogP contribution in [0.3, 0.4) is 0 Å². The van der Waals surface area contributed by atoms with Crippen molar-refractivity contribution in [2.75, 3.05) is 0 Å². The normalized spacial score (nSPS) is 37.5. The van der Waals surface area contributed by atoms with Crippen LogP contribution in [0.4, 0.5) is 0 Å². The van der Waals surface area contributed by atoms with Gasteiger partial charge >= 0.3 is 0 Å². The zero-order valence-corrected chi connectivity index (χ0v) is 18.7. The van der Waals surface area contributed by atoms with Crippen molar-refractivity contribution in [3.05, 3.63) is 35.5 Å². The number of hydrogen-bond acceptors (Lipinski definition) is 3. The van der Waals surface area contributed by atoms with Crippen molar-refractivity contribution in [1.29, 1.82) is 0 Å². The van der Waals surface area contributed by atoms with Crippen LogP contribution in [0, 0.1) is 23.2 Å². The molecule has 0 bridgehead atoms. The van der Waals surface area contributed by atoms with Gasteiger partial charge in [-0.1, -0.05) is 64.0 Å². The van der Waals surface area contributed by atoms with Crippen LogP contribution in [0.5, 0.6) is 0 Å². The van der Waals surface area contributed by atoms with Crippen molar-refractivity contribution in [3.63, 3.8) is 0 Å². The molecule has 0 heterocycles. The second-order valence-electron chi connectivity index (χ2n) is 10.4. The van der Waals surface area contributed by atoms with Gasteiger partial charge in [-0.3, -0.25) is 0 Å². The van der Waals surface area contributed by atoms with Crippen molar-refractivity contribution < 1.29 is 15.3 Å². The number of fused-ring (bicyclic) bond motifs is 1. The molecule has 0 aliphatic heterocycles. The van der Waals surface area contributed by atoms with Crippen molar-refractivity contribution in [3.8, 4) is 0 Å². The van der Waals surface area contributed by atoms with Gasteiger partial charge in [-0.25, -0.2) is 0 Å². The molecule has 3 saturated carbocycles. The zero-order chi connectivity index (χ0) is 21.2. The van der Waals surface area contributed by atoms with E-state index >= 15 is 0 Å². The minimum atomic E-state index is -0.613. The minimum absolute atomic E-state index is 0. The van der Waals surface area contributed by atoms with E-state index in [4.69, 9.17) is 0 Å². The molecule has 0 saturated heterocycles. The monoisotopic (exact) mass is 418 g/mol. The molecule has 172 valence electrons. The molecular formula is C27H46O3. The van der Waals surface area contributed by atoms with Gasteiger partial charge in [-0.2, -0.15) is 0 Å². The summed E-state index contributed by atoms with van der Waals surface area (Å²) in [6, 6.07) is 0. The lowest BCUT2D eigenvalue weighted by atomic mass is 9.60. The topological polar surface area (TPSA) is 60.7 Å². The molecule has 3 aliphatic carbocycles. The largest absolute Gasteiger partial charge is 0.393 e. The van der Waals surface area contributed by atoms with Crippen LogP contribution in [-0.4, -0.2) is 33.6 Å². The summed E-state index contributed by atoms with van der Waals surface area (Å²) in [7, 11) is 0. The fourth-order valence-electron chi connectivity index (χ4n) is 6.58. The maximum absolute atomic E-state index is 10.1. The van der Waals surface area contributed by atoms with E-state index in [2.05, 4.69) is 32.6 Å². The highest BCUT2D eigenvalue weighted by Crippen LogP contribution is 2.59. The van der Waals surface area contributed by atoms with Gasteiger partial charge in [-0.05, 0) is 87.0 Å². The molecule has 3 fully saturated rings. The molecule has 1 unspecified atom stereocenters. The SMILES string of the molecule is C.C=C1[C@H](O)CC(=C/C=C2\CCC[C@@]3(C)C2CC[C@@H]3[C@@H](C)CCC[C@H](C)O)C[C@H]1O. The molecule has 3 aliphatic rings. The molecule has 3 heteroatoms. The van der Waals surface area contributed by atoms with Gasteiger partial charge in [0.15, 0.2) is 0 Å². The van der Waals surface area contributed by atoms with Gasteiger partial charge < -0.3 is 15.3 Å². The number of hydrogen-bond donors (Lipinski definition) is 3. The van der Waals surface area contributed by atoms with E-state index in [1.165, 1.54) is 38.5 Å². The Hall–Kier alpha value is -0.900. The van der Waals surface area contributed by atoms with E-state index in [1.807, 2.05) is 6.92 Å². The summed E-state index contributed by atoms with van der Waals surface area (Å²) >= 11 is 0. The van der Waals surface area contributed by atoms with Crippen molar-refractivity contribution in [1.82, 2.24) is 0 Å². The highest BCUT2D eigenvalue weighted by atomic mass is 16.3. The van der Waals surface area contributed by atoms with E-state index in [9.17, 15) is 15.3 Å². The second kappa shape index (κ2) is 10.6. The molecule has 3 rings (SSSR count). The van der Waals surface area contributed by atoms with Crippen LogP contribution in [0.2, 0.25) is 0 Å². The average Bonchev–Trinajstić information content (AvgIpc) is 3.01. The molecule has 3 nitrogen and oxygen atoms in total. The Kier molecular flexibility index (Phi) is 8.97. The third-order valence-corrected chi connectivity index (χ3v) is 8.31. The summed E-state index contributed by atoms with van der Waals surface area (Å²) in [5.41, 5.74) is 3.67. The second-order valence-corrected chi connectivity index (χ2v) is 10.4. The first-order valence-electron chi connectivity index (χ1n) is 11.8. The highest BCUT2D eigenvalue weighted by molar-refractivity contribution is 5.29. The van der Waals surface area contributed by atoms with Crippen LogP contribution in [0.1, 0.15) is 92.4 Å². The number of aliphatic hydroxyl groups excluding tert-OH is 3. The number of allylic oxidation sites excluding steroid dienone is 3. The van der Waals surface area contributed by atoms with Crippen LogP contribution < -0.4 is 0 Å². The highest BCUT2D eigenvalue weighted by Gasteiger charge is 2.50. The van der Waals surface area contributed by atoms with E-state index in [-0.39, 0.29) is 13.5 Å². The molecule has 0 spiro atoms. The summed E-state index contributed by atoms with van der Waals surface area (Å²) in [5.74, 6) is 2.17. The standard InChI is InChI=1S/C26H42O3.CH4/c1-17(7-5-8-18(2)27)22-12-13-23-21(9-6-14-26(22,23)4)11-10-20-15-24(28)19(3)25(29)16-20;/h10-11,17-18,22-25,27-29H,3,5-9,12-16H2,1-2,4H3;1H4/b21-11+;/t17-,18-,22+,23?,24+,25+,26+;/m0./s1. The van der Waals surface area contributed by atoms with Gasteiger partial charge in [0.2, 0.25) is 0 Å². The molecule has 0 aromatic heterocycles. The first-order valence-corrected chi connectivity index (χ1v) is 11.8. The van der Waals surface area contributed by atoms with E-state index in [1.54, 1.807) is 5.57 Å². The number of rotatable bonds is 6. The van der Waals surface area contributed by atoms with Crippen LogP contribution in [-0.2, 0) is 0 Å². The first kappa shape index (κ1) is 25.4. The van der Waals surface area contributed by atoms with E-state index in [0.29, 0.717) is 29.7 Å². The molecule has 30 heavy (non-hydrogen) atoms. The third kappa shape index (κ3) is 5.47. The molecule has 0 amide bonds. The van der Waals surface area contributed by atoms with E-state index in [0.717, 1.165) is 30.3 Å². The summed E-state index contributed by atoms with van der Waals surface area (Å²) in [4.78, 5) is 0. The molecule has 7 atom stereocenters. The summed E-state index contributed by atoms with van der Waals surface area (Å²) in [6.07, 6.45) is 14.0. The first-order chi connectivity index (χ1) is 13.7. The van der Waals surface area contributed by atoms with Crippen LogP contribution >= 0.6 is 0 Å². The lowest BCUT2D eigenvalue weighted by Gasteiger charge is -2.44. The van der Waals surface area contributed by atoms with Crippen molar-refractivity contribution in [2.45, 2.75) is 111 Å². The van der Waals surface area contributed by atoms with Gasteiger partial charge in [-0.15, -0.1) is 0 Å². The maximum atomic E-state index is 10.1. The predicted octanol–water partition coefficient (Wildman–Crippen LogP) is 5.95. The van der Waals surface area contributed by atoms with Crippen LogP contribution in [0.15, 0.2) is 35.5 Å². The molecule has 0 aromatic rings. The minimum Gasteiger partial charge on any atom is -0.393 e. The van der Waals surface area contributed by atoms with Gasteiger partial charge in [0.1, 0.15) is 0 Å². The fourth-order valence-corrected chi connectivity index (χ4v) is 6.58. The maximum Gasteiger partial charge on any atom is 0.0809 e. The fraction of sp³-hybridized carbons (Fsp3) is 0.778. The lowest BCUT2D eigenvalue weighted by molar-refractivity contribution is 0.0907. The summed E-state index contributed by atoms with van der Waals surface area (Å²) in [6.45, 7) is 10.7. The number of aliphatic hydroxyl groups is 3. The molecular weight excluding hydrogens is 372 g/mol. The van der Waals surface area contributed by atoms with E-state index < -0.39 is 12.2 Å².